The summed E-state index contributed by atoms with van der Waals surface area (Å²) in [6.07, 6.45) is 0. The van der Waals surface area contributed by atoms with Gasteiger partial charge in [-0.1, -0.05) is 146 Å². The van der Waals surface area contributed by atoms with E-state index in [1.807, 2.05) is 66.7 Å². The maximum absolute atomic E-state index is 11.7. The first kappa shape index (κ1) is 33.3. The third-order valence-electron chi connectivity index (χ3n) is 12.7. The molecule has 0 aliphatic heterocycles. The number of benzene rings is 10. The Labute approximate surface area is 348 Å². The van der Waals surface area contributed by atoms with Gasteiger partial charge in [0.25, 0.3) is 0 Å². The maximum Gasteiger partial charge on any atom is 0.220 e. The Kier molecular flexibility index (Phi) is 6.80. The minimum atomic E-state index is 0.414. The lowest BCUT2D eigenvalue weighted by Gasteiger charge is -2.25. The molecule has 0 spiro atoms. The van der Waals surface area contributed by atoms with Gasteiger partial charge in [0.2, 0.25) is 5.69 Å². The van der Waals surface area contributed by atoms with Crippen molar-refractivity contribution in [2.24, 2.45) is 0 Å². The lowest BCUT2D eigenvalue weighted by molar-refractivity contribution is 0.669. The van der Waals surface area contributed by atoms with Crippen LogP contribution in [0.4, 0.5) is 5.69 Å². The SMILES string of the molecule is [C-]#[N+]c1c(-c2ccccc2)c(C#N)c(-n2c3ccccc3c3cc4c(cc32)oc2ccccc24)c(-c2ccccc2)c1-n1c2cccc3c4ccccc4c4cccc1c4c32. The van der Waals surface area contributed by atoms with Crippen molar-refractivity contribution in [3.8, 4) is 39.7 Å². The lowest BCUT2D eigenvalue weighted by atomic mass is 9.88. The summed E-state index contributed by atoms with van der Waals surface area (Å²) in [6.45, 7) is 9.16. The maximum atomic E-state index is 11.7. The number of aromatic nitrogens is 2. The molecule has 13 rings (SSSR count). The molecule has 5 nitrogen and oxygen atoms in total. The summed E-state index contributed by atoms with van der Waals surface area (Å²) in [7, 11) is 0. The summed E-state index contributed by atoms with van der Waals surface area (Å²) in [6, 6.07) is 65.6. The first-order valence-electron chi connectivity index (χ1n) is 20.4. The molecule has 3 heterocycles. The largest absolute Gasteiger partial charge is 0.456 e. The highest BCUT2D eigenvalue weighted by Gasteiger charge is 2.32. The molecular weight excluding hydrogens is 745 g/mol. The van der Waals surface area contributed by atoms with Crippen LogP contribution in [-0.4, -0.2) is 9.13 Å². The molecule has 13 aromatic rings. The molecule has 0 aliphatic carbocycles. The standard InChI is InChI=1S/C56H30N4O/c1-58-54-50(33-16-4-2-5-17-33)43(32-57)55(59-44-26-12-10-22-37(44)41-30-42-38-23-11-13-29-48(38)61-49(42)31-47(41)59)51(34-18-6-3-7-19-34)56(54)60-45-27-14-24-39-35-20-8-9-21-36(35)40-25-15-28-46(60)53(40)52(39)45/h2-31H. The minimum absolute atomic E-state index is 0.414. The van der Waals surface area contributed by atoms with Gasteiger partial charge in [-0.15, -0.1) is 0 Å². The van der Waals surface area contributed by atoms with Crippen molar-refractivity contribution in [3.63, 3.8) is 0 Å². The van der Waals surface area contributed by atoms with Crippen molar-refractivity contribution in [3.05, 3.63) is 199 Å². The second kappa shape index (κ2) is 12.4. The molecule has 3 aromatic heterocycles. The minimum Gasteiger partial charge on any atom is -0.456 e. The van der Waals surface area contributed by atoms with Gasteiger partial charge in [-0.3, -0.25) is 0 Å². The van der Waals surface area contributed by atoms with Crippen LogP contribution >= 0.6 is 0 Å². The lowest BCUT2D eigenvalue weighted by Crippen LogP contribution is -2.08. The zero-order valence-corrected chi connectivity index (χ0v) is 32.5. The number of rotatable bonds is 4. The molecule has 0 saturated carbocycles. The molecule has 0 atom stereocenters. The number of furan rings is 1. The molecule has 0 N–H and O–H groups in total. The fraction of sp³-hybridized carbons (Fsp3) is 0. The topological polar surface area (TPSA) is 51.1 Å². The smallest absolute Gasteiger partial charge is 0.220 e. The van der Waals surface area contributed by atoms with E-state index in [1.165, 1.54) is 10.8 Å². The van der Waals surface area contributed by atoms with Crippen LogP contribution < -0.4 is 0 Å². The molecular formula is C56H30N4O. The molecule has 0 fully saturated rings. The first-order valence-corrected chi connectivity index (χ1v) is 20.4. The molecule has 0 unspecified atom stereocenters. The highest BCUT2D eigenvalue weighted by atomic mass is 16.3. The van der Waals surface area contributed by atoms with E-state index in [0.29, 0.717) is 22.5 Å². The van der Waals surface area contributed by atoms with Crippen LogP contribution in [0.25, 0.3) is 126 Å². The average molecular weight is 775 g/mol. The Morgan fingerprint density at radius 3 is 1.59 bits per heavy atom. The Hall–Kier alpha value is -8.64. The highest BCUT2D eigenvalue weighted by molar-refractivity contribution is 6.34. The monoisotopic (exact) mass is 774 g/mol. The summed E-state index contributed by atoms with van der Waals surface area (Å²) < 4.78 is 11.1. The molecule has 61 heavy (non-hydrogen) atoms. The van der Waals surface area contributed by atoms with Gasteiger partial charge in [-0.25, -0.2) is 4.85 Å². The molecule has 0 radical (unpaired) electrons. The van der Waals surface area contributed by atoms with Crippen molar-refractivity contribution in [2.75, 3.05) is 0 Å². The van der Waals surface area contributed by atoms with Crippen molar-refractivity contribution >= 4 is 92.8 Å². The molecule has 0 saturated heterocycles. The Bertz CT molecular complexity index is 3970. The predicted molar refractivity (Wildman–Crippen MR) is 250 cm³/mol. The van der Waals surface area contributed by atoms with Gasteiger partial charge in [-0.05, 0) is 63.0 Å². The van der Waals surface area contributed by atoms with E-state index in [4.69, 9.17) is 11.0 Å². The van der Waals surface area contributed by atoms with Crippen molar-refractivity contribution < 1.29 is 4.42 Å². The van der Waals surface area contributed by atoms with Crippen LogP contribution in [0.2, 0.25) is 0 Å². The number of hydrogen-bond acceptors (Lipinski definition) is 2. The van der Waals surface area contributed by atoms with E-state index in [9.17, 15) is 5.26 Å². The van der Waals surface area contributed by atoms with E-state index in [2.05, 4.69) is 135 Å². The van der Waals surface area contributed by atoms with E-state index in [-0.39, 0.29) is 0 Å². The highest BCUT2D eigenvalue weighted by Crippen LogP contribution is 2.53. The van der Waals surface area contributed by atoms with Crippen LogP contribution in [0.15, 0.2) is 186 Å². The van der Waals surface area contributed by atoms with Gasteiger partial charge in [0.1, 0.15) is 17.2 Å². The third kappa shape index (κ3) is 4.41. The first-order chi connectivity index (χ1) is 30.2. The van der Waals surface area contributed by atoms with Gasteiger partial charge in [-0.2, -0.15) is 5.26 Å². The second-order valence-electron chi connectivity index (χ2n) is 15.7. The van der Waals surface area contributed by atoms with Crippen LogP contribution in [0.1, 0.15) is 5.56 Å². The second-order valence-corrected chi connectivity index (χ2v) is 15.7. The summed E-state index contributed by atoms with van der Waals surface area (Å²) >= 11 is 0. The molecule has 5 heteroatoms. The van der Waals surface area contributed by atoms with E-state index >= 15 is 0 Å². The average Bonchev–Trinajstić information content (AvgIpc) is 3.97. The fourth-order valence-corrected chi connectivity index (χ4v) is 10.3. The van der Waals surface area contributed by atoms with Crippen LogP contribution in [0.5, 0.6) is 0 Å². The van der Waals surface area contributed by atoms with Crippen LogP contribution in [0, 0.1) is 17.9 Å². The number of nitrogens with zero attached hydrogens (tertiary/aromatic N) is 4. The zero-order valence-electron chi connectivity index (χ0n) is 32.5. The third-order valence-corrected chi connectivity index (χ3v) is 12.7. The van der Waals surface area contributed by atoms with E-state index < -0.39 is 0 Å². The number of fused-ring (bicyclic) bond motifs is 9. The van der Waals surface area contributed by atoms with Gasteiger partial charge < -0.3 is 13.6 Å². The number of hydrogen-bond donors (Lipinski definition) is 0. The van der Waals surface area contributed by atoms with Gasteiger partial charge in [0.05, 0.1) is 45.6 Å². The Balaban J connectivity index is 1.31. The van der Waals surface area contributed by atoms with Crippen LogP contribution in [-0.2, 0) is 0 Å². The number of para-hydroxylation sites is 2. The Morgan fingerprint density at radius 2 is 0.951 bits per heavy atom. The van der Waals surface area contributed by atoms with Gasteiger partial charge in [0, 0.05) is 49.5 Å². The van der Waals surface area contributed by atoms with E-state index in [1.54, 1.807) is 0 Å². The summed E-state index contributed by atoms with van der Waals surface area (Å²) in [5.41, 5.74) is 10.8. The van der Waals surface area contributed by atoms with E-state index in [0.717, 1.165) is 98.7 Å². The van der Waals surface area contributed by atoms with Gasteiger partial charge >= 0.3 is 0 Å². The quantitative estimate of drug-likeness (QED) is 0.132. The van der Waals surface area contributed by atoms with Crippen LogP contribution in [0.3, 0.4) is 0 Å². The Morgan fingerprint density at radius 1 is 0.426 bits per heavy atom. The molecule has 0 aliphatic rings. The summed E-state index contributed by atoms with van der Waals surface area (Å²) in [4.78, 5) is 4.48. The van der Waals surface area contributed by atoms with Crippen molar-refractivity contribution in [1.29, 1.82) is 5.26 Å². The van der Waals surface area contributed by atoms with Crippen molar-refractivity contribution in [1.82, 2.24) is 9.13 Å². The summed E-state index contributed by atoms with van der Waals surface area (Å²) in [5, 5.41) is 22.9. The summed E-state index contributed by atoms with van der Waals surface area (Å²) in [5.74, 6) is 0. The predicted octanol–water partition coefficient (Wildman–Crippen LogP) is 15.3. The number of nitriles is 1. The zero-order chi connectivity index (χ0) is 40.3. The molecule has 10 aromatic carbocycles. The molecule has 0 bridgehead atoms. The van der Waals surface area contributed by atoms with Gasteiger partial charge in [0.15, 0.2) is 0 Å². The van der Waals surface area contributed by atoms with Crippen molar-refractivity contribution in [2.45, 2.75) is 0 Å². The fourth-order valence-electron chi connectivity index (χ4n) is 10.3. The molecule has 280 valence electrons. The normalized spacial score (nSPS) is 11.9. The molecule has 0 amide bonds.